The van der Waals surface area contributed by atoms with Crippen LogP contribution in [0.5, 0.6) is 0 Å². The SMILES string of the molecule is Cc1c(CO)cnn1-c1ccccc1Br. The van der Waals surface area contributed by atoms with E-state index in [0.717, 1.165) is 21.4 Å². The predicted octanol–water partition coefficient (Wildman–Crippen LogP) is 2.44. The maximum absolute atomic E-state index is 9.08. The molecule has 0 spiro atoms. The van der Waals surface area contributed by atoms with E-state index in [1.165, 1.54) is 0 Å². The summed E-state index contributed by atoms with van der Waals surface area (Å²) in [4.78, 5) is 0. The van der Waals surface area contributed by atoms with E-state index in [-0.39, 0.29) is 6.61 Å². The molecule has 0 aliphatic carbocycles. The van der Waals surface area contributed by atoms with Crippen molar-refractivity contribution in [3.05, 3.63) is 46.2 Å². The van der Waals surface area contributed by atoms with E-state index in [1.54, 1.807) is 6.20 Å². The van der Waals surface area contributed by atoms with Crippen LogP contribution in [0.15, 0.2) is 34.9 Å². The number of para-hydroxylation sites is 1. The van der Waals surface area contributed by atoms with Crippen LogP contribution in [0.2, 0.25) is 0 Å². The van der Waals surface area contributed by atoms with Gasteiger partial charge >= 0.3 is 0 Å². The number of rotatable bonds is 2. The third-order valence-corrected chi connectivity index (χ3v) is 3.03. The zero-order chi connectivity index (χ0) is 10.8. The Kier molecular flexibility index (Phi) is 2.88. The number of aromatic nitrogens is 2. The van der Waals surface area contributed by atoms with Crippen molar-refractivity contribution >= 4 is 15.9 Å². The fraction of sp³-hybridized carbons (Fsp3) is 0.182. The summed E-state index contributed by atoms with van der Waals surface area (Å²) >= 11 is 3.47. The molecular formula is C11H11BrN2O. The van der Waals surface area contributed by atoms with E-state index in [4.69, 9.17) is 5.11 Å². The zero-order valence-corrected chi connectivity index (χ0v) is 9.90. The van der Waals surface area contributed by atoms with Gasteiger partial charge in [0.25, 0.3) is 0 Å². The molecule has 2 aromatic rings. The van der Waals surface area contributed by atoms with Crippen LogP contribution in [0.4, 0.5) is 0 Å². The van der Waals surface area contributed by atoms with Gasteiger partial charge < -0.3 is 5.11 Å². The Bertz CT molecular complexity index is 479. The van der Waals surface area contributed by atoms with Crippen LogP contribution in [0.1, 0.15) is 11.3 Å². The summed E-state index contributed by atoms with van der Waals surface area (Å²) in [6, 6.07) is 7.86. The highest BCUT2D eigenvalue weighted by Crippen LogP contribution is 2.22. The fourth-order valence-corrected chi connectivity index (χ4v) is 1.92. The standard InChI is InChI=1S/C11H11BrN2O/c1-8-9(7-15)6-13-14(8)11-5-3-2-4-10(11)12/h2-6,15H,7H2,1H3. The Labute approximate surface area is 96.5 Å². The second-order valence-electron chi connectivity index (χ2n) is 3.28. The van der Waals surface area contributed by atoms with Gasteiger partial charge in [0.2, 0.25) is 0 Å². The number of halogens is 1. The van der Waals surface area contributed by atoms with E-state index in [1.807, 2.05) is 35.9 Å². The molecule has 1 aromatic carbocycles. The second-order valence-corrected chi connectivity index (χ2v) is 4.13. The van der Waals surface area contributed by atoms with Crippen LogP contribution in [-0.2, 0) is 6.61 Å². The number of benzene rings is 1. The van der Waals surface area contributed by atoms with Crippen molar-refractivity contribution in [1.29, 1.82) is 0 Å². The molecule has 15 heavy (non-hydrogen) atoms. The molecule has 0 unspecified atom stereocenters. The summed E-state index contributed by atoms with van der Waals surface area (Å²) in [6.07, 6.45) is 1.69. The Morgan fingerprint density at radius 3 is 2.73 bits per heavy atom. The molecule has 1 N–H and O–H groups in total. The van der Waals surface area contributed by atoms with Crippen LogP contribution in [0.3, 0.4) is 0 Å². The largest absolute Gasteiger partial charge is 0.392 e. The minimum Gasteiger partial charge on any atom is -0.392 e. The quantitative estimate of drug-likeness (QED) is 0.907. The summed E-state index contributed by atoms with van der Waals surface area (Å²) in [5, 5.41) is 13.3. The summed E-state index contributed by atoms with van der Waals surface area (Å²) in [5.41, 5.74) is 2.80. The molecule has 1 heterocycles. The molecule has 1 aromatic heterocycles. The number of aliphatic hydroxyl groups excluding tert-OH is 1. The maximum atomic E-state index is 9.08. The minimum absolute atomic E-state index is 0.0241. The van der Waals surface area contributed by atoms with Crippen LogP contribution in [0.25, 0.3) is 5.69 Å². The lowest BCUT2D eigenvalue weighted by Gasteiger charge is -2.06. The zero-order valence-electron chi connectivity index (χ0n) is 8.31. The highest BCUT2D eigenvalue weighted by molar-refractivity contribution is 9.10. The maximum Gasteiger partial charge on any atom is 0.0790 e. The first-order valence-electron chi connectivity index (χ1n) is 4.63. The van der Waals surface area contributed by atoms with Gasteiger partial charge in [0.15, 0.2) is 0 Å². The fourth-order valence-electron chi connectivity index (χ4n) is 1.47. The molecule has 0 atom stereocenters. The van der Waals surface area contributed by atoms with Gasteiger partial charge in [-0.1, -0.05) is 12.1 Å². The molecule has 0 saturated heterocycles. The van der Waals surface area contributed by atoms with Crippen LogP contribution < -0.4 is 0 Å². The smallest absolute Gasteiger partial charge is 0.0790 e. The highest BCUT2D eigenvalue weighted by atomic mass is 79.9. The second kappa shape index (κ2) is 4.16. The molecule has 0 bridgehead atoms. The number of aliphatic hydroxyl groups is 1. The molecule has 0 saturated carbocycles. The van der Waals surface area contributed by atoms with Crippen molar-refractivity contribution in [3.8, 4) is 5.69 Å². The molecule has 0 amide bonds. The third kappa shape index (κ3) is 1.82. The van der Waals surface area contributed by atoms with Gasteiger partial charge in [-0.3, -0.25) is 0 Å². The average Bonchev–Trinajstić information content (AvgIpc) is 2.60. The van der Waals surface area contributed by atoms with Crippen LogP contribution in [-0.4, -0.2) is 14.9 Å². The van der Waals surface area contributed by atoms with Crippen molar-refractivity contribution in [2.24, 2.45) is 0 Å². The van der Waals surface area contributed by atoms with Crippen molar-refractivity contribution in [1.82, 2.24) is 9.78 Å². The van der Waals surface area contributed by atoms with E-state index in [0.29, 0.717) is 0 Å². The lowest BCUT2D eigenvalue weighted by atomic mass is 10.2. The topological polar surface area (TPSA) is 38.1 Å². The summed E-state index contributed by atoms with van der Waals surface area (Å²) in [7, 11) is 0. The van der Waals surface area contributed by atoms with E-state index in [2.05, 4.69) is 21.0 Å². The van der Waals surface area contributed by atoms with Gasteiger partial charge in [-0.05, 0) is 35.0 Å². The first-order valence-corrected chi connectivity index (χ1v) is 5.42. The minimum atomic E-state index is 0.0241. The third-order valence-electron chi connectivity index (χ3n) is 2.36. The summed E-state index contributed by atoms with van der Waals surface area (Å²) in [6.45, 7) is 1.97. The first-order chi connectivity index (χ1) is 7.24. The molecule has 2 rings (SSSR count). The van der Waals surface area contributed by atoms with Gasteiger partial charge in [0, 0.05) is 15.7 Å². The molecule has 3 nitrogen and oxygen atoms in total. The normalized spacial score (nSPS) is 10.6. The van der Waals surface area contributed by atoms with E-state index in [9.17, 15) is 0 Å². The van der Waals surface area contributed by atoms with Gasteiger partial charge in [-0.25, -0.2) is 4.68 Å². The molecule has 0 aliphatic heterocycles. The lowest BCUT2D eigenvalue weighted by molar-refractivity contribution is 0.281. The summed E-state index contributed by atoms with van der Waals surface area (Å²) < 4.78 is 2.80. The van der Waals surface area contributed by atoms with E-state index < -0.39 is 0 Å². The Morgan fingerprint density at radius 2 is 2.13 bits per heavy atom. The van der Waals surface area contributed by atoms with Gasteiger partial charge in [-0.2, -0.15) is 5.10 Å². The molecule has 0 radical (unpaired) electrons. The van der Waals surface area contributed by atoms with E-state index >= 15 is 0 Å². The number of nitrogens with zero attached hydrogens (tertiary/aromatic N) is 2. The molecule has 0 aliphatic rings. The van der Waals surface area contributed by atoms with Crippen molar-refractivity contribution in [2.45, 2.75) is 13.5 Å². The Morgan fingerprint density at radius 1 is 1.40 bits per heavy atom. The predicted molar refractivity (Wildman–Crippen MR) is 61.9 cm³/mol. The number of hydrogen-bond donors (Lipinski definition) is 1. The Balaban J connectivity index is 2.55. The monoisotopic (exact) mass is 266 g/mol. The Hall–Kier alpha value is -1.13. The molecule has 0 fully saturated rings. The van der Waals surface area contributed by atoms with Gasteiger partial charge in [0.1, 0.15) is 0 Å². The number of hydrogen-bond acceptors (Lipinski definition) is 2. The summed E-state index contributed by atoms with van der Waals surface area (Å²) in [5.74, 6) is 0. The van der Waals surface area contributed by atoms with Crippen molar-refractivity contribution in [2.75, 3.05) is 0 Å². The van der Waals surface area contributed by atoms with Crippen LogP contribution >= 0.6 is 15.9 Å². The molecule has 4 heteroatoms. The molecule has 78 valence electrons. The first kappa shape index (κ1) is 10.4. The van der Waals surface area contributed by atoms with Gasteiger partial charge in [0.05, 0.1) is 18.5 Å². The van der Waals surface area contributed by atoms with Gasteiger partial charge in [-0.15, -0.1) is 0 Å². The molecular weight excluding hydrogens is 256 g/mol. The van der Waals surface area contributed by atoms with Crippen molar-refractivity contribution in [3.63, 3.8) is 0 Å². The van der Waals surface area contributed by atoms with Crippen LogP contribution in [0, 0.1) is 6.92 Å². The van der Waals surface area contributed by atoms with Crippen molar-refractivity contribution < 1.29 is 5.11 Å². The highest BCUT2D eigenvalue weighted by Gasteiger charge is 2.08. The lowest BCUT2D eigenvalue weighted by Crippen LogP contribution is -2.00. The average molecular weight is 267 g/mol.